The van der Waals surface area contributed by atoms with E-state index in [4.69, 9.17) is 12.2 Å². The lowest BCUT2D eigenvalue weighted by Crippen LogP contribution is -2.04. The molecule has 6 heteroatoms. The highest BCUT2D eigenvalue weighted by molar-refractivity contribution is 7.71. The van der Waals surface area contributed by atoms with Crippen LogP contribution in [0.15, 0.2) is 48.5 Å². The number of aromatic amines is 1. The topological polar surface area (TPSA) is 70.9 Å². The van der Waals surface area contributed by atoms with E-state index in [1.54, 1.807) is 12.1 Å². The van der Waals surface area contributed by atoms with Gasteiger partial charge in [0.05, 0.1) is 5.56 Å². The Morgan fingerprint density at radius 3 is 2.58 bits per heavy atom. The Morgan fingerprint density at radius 1 is 1.21 bits per heavy atom. The maximum absolute atomic E-state index is 11.4. The number of nitrogens with zero attached hydrogens (tertiary/aromatic N) is 2. The molecule has 0 saturated heterocycles. The summed E-state index contributed by atoms with van der Waals surface area (Å²) in [4.78, 5) is 15.7. The minimum Gasteiger partial charge on any atom is -0.478 e. The molecule has 0 unspecified atom stereocenters. The van der Waals surface area contributed by atoms with Crippen LogP contribution in [0.4, 0.5) is 0 Å². The van der Waals surface area contributed by atoms with E-state index < -0.39 is 5.97 Å². The fourth-order valence-electron chi connectivity index (χ4n) is 2.69. The monoisotopic (exact) mass is 339 g/mol. The molecule has 0 amide bonds. The standard InChI is InChI=1S/C18H17N3O2S/c1-2-21-16(19-18(24)20-21)11-12-7-9-13(10-8-12)14-5-3-4-6-15(14)17(22)23/h3-10H,2,11H2,1H3,(H,20,24)(H,22,23). The minimum atomic E-state index is -0.923. The maximum atomic E-state index is 11.4. The summed E-state index contributed by atoms with van der Waals surface area (Å²) in [7, 11) is 0. The first-order valence-corrected chi connectivity index (χ1v) is 8.06. The predicted octanol–water partition coefficient (Wildman–Crippen LogP) is 3.92. The number of hydrogen-bond acceptors (Lipinski definition) is 3. The molecule has 0 aliphatic rings. The van der Waals surface area contributed by atoms with Crippen LogP contribution in [0, 0.1) is 4.77 Å². The average Bonchev–Trinajstić information content (AvgIpc) is 2.95. The zero-order valence-corrected chi connectivity index (χ0v) is 14.0. The third-order valence-electron chi connectivity index (χ3n) is 3.87. The van der Waals surface area contributed by atoms with E-state index in [2.05, 4.69) is 10.1 Å². The van der Waals surface area contributed by atoms with E-state index in [-0.39, 0.29) is 0 Å². The minimum absolute atomic E-state index is 0.303. The summed E-state index contributed by atoms with van der Waals surface area (Å²) in [6.07, 6.45) is 0.668. The van der Waals surface area contributed by atoms with Gasteiger partial charge in [-0.25, -0.2) is 9.78 Å². The summed E-state index contributed by atoms with van der Waals surface area (Å²) in [5.74, 6) is -0.0330. The number of hydrogen-bond donors (Lipinski definition) is 2. The maximum Gasteiger partial charge on any atom is 0.336 e. The first-order chi connectivity index (χ1) is 11.6. The van der Waals surface area contributed by atoms with Gasteiger partial charge >= 0.3 is 5.97 Å². The Balaban J connectivity index is 1.89. The smallest absolute Gasteiger partial charge is 0.336 e. The molecule has 0 fully saturated rings. The van der Waals surface area contributed by atoms with Gasteiger partial charge in [-0.15, -0.1) is 0 Å². The SMILES string of the molecule is CCn1[nH]c(=S)nc1Cc1ccc(-c2ccccc2C(=O)O)cc1. The molecule has 2 aromatic carbocycles. The average molecular weight is 339 g/mol. The number of carboxylic acids is 1. The number of aryl methyl sites for hydroxylation is 1. The lowest BCUT2D eigenvalue weighted by molar-refractivity contribution is 0.0697. The van der Waals surface area contributed by atoms with Crippen molar-refractivity contribution in [2.24, 2.45) is 0 Å². The van der Waals surface area contributed by atoms with Crippen LogP contribution in [0.2, 0.25) is 0 Å². The summed E-state index contributed by atoms with van der Waals surface area (Å²) in [5, 5.41) is 12.3. The van der Waals surface area contributed by atoms with Crippen molar-refractivity contribution in [2.75, 3.05) is 0 Å². The molecular weight excluding hydrogens is 322 g/mol. The fraction of sp³-hybridized carbons (Fsp3) is 0.167. The number of carboxylic acid groups (broad SMARTS) is 1. The lowest BCUT2D eigenvalue weighted by Gasteiger charge is -2.08. The molecule has 2 N–H and O–H groups in total. The molecule has 0 saturated carbocycles. The quantitative estimate of drug-likeness (QED) is 0.691. The first-order valence-electron chi connectivity index (χ1n) is 7.66. The molecule has 0 atom stereocenters. The van der Waals surface area contributed by atoms with Gasteiger partial charge in [0.25, 0.3) is 0 Å². The molecule has 3 aromatic rings. The van der Waals surface area contributed by atoms with Crippen LogP contribution >= 0.6 is 12.2 Å². The van der Waals surface area contributed by atoms with Crippen LogP contribution in [-0.4, -0.2) is 25.8 Å². The molecule has 0 radical (unpaired) electrons. The molecule has 3 rings (SSSR count). The molecule has 5 nitrogen and oxygen atoms in total. The Labute approximate surface area is 144 Å². The summed E-state index contributed by atoms with van der Waals surface area (Å²) >= 11 is 5.08. The van der Waals surface area contributed by atoms with Crippen molar-refractivity contribution in [1.29, 1.82) is 0 Å². The molecule has 1 heterocycles. The van der Waals surface area contributed by atoms with Crippen LogP contribution in [0.25, 0.3) is 11.1 Å². The molecule has 122 valence electrons. The largest absolute Gasteiger partial charge is 0.478 e. The third kappa shape index (κ3) is 3.28. The second-order valence-corrected chi connectivity index (χ2v) is 5.80. The summed E-state index contributed by atoms with van der Waals surface area (Å²) in [6, 6.07) is 14.9. The molecule has 0 aliphatic heterocycles. The van der Waals surface area contributed by atoms with Gasteiger partial charge < -0.3 is 5.11 Å². The van der Waals surface area contributed by atoms with E-state index in [9.17, 15) is 9.90 Å². The molecule has 24 heavy (non-hydrogen) atoms. The second-order valence-electron chi connectivity index (χ2n) is 5.41. The Bertz CT molecular complexity index is 926. The van der Waals surface area contributed by atoms with Crippen LogP contribution in [-0.2, 0) is 13.0 Å². The molecule has 0 bridgehead atoms. The van der Waals surface area contributed by atoms with Gasteiger partial charge in [-0.05, 0) is 41.9 Å². The zero-order valence-electron chi connectivity index (χ0n) is 13.2. The number of benzene rings is 2. The van der Waals surface area contributed by atoms with Crippen LogP contribution in [0.5, 0.6) is 0 Å². The molecule has 0 spiro atoms. The van der Waals surface area contributed by atoms with E-state index >= 15 is 0 Å². The van der Waals surface area contributed by atoms with Gasteiger partial charge in [0, 0.05) is 13.0 Å². The van der Waals surface area contributed by atoms with Gasteiger partial charge in [-0.1, -0.05) is 42.5 Å². The molecule has 1 aromatic heterocycles. The van der Waals surface area contributed by atoms with Crippen molar-refractivity contribution in [3.05, 3.63) is 70.3 Å². The zero-order chi connectivity index (χ0) is 17.1. The fourth-order valence-corrected chi connectivity index (χ4v) is 2.90. The van der Waals surface area contributed by atoms with Gasteiger partial charge in [0.15, 0.2) is 0 Å². The highest BCUT2D eigenvalue weighted by Gasteiger charge is 2.11. The predicted molar refractivity (Wildman–Crippen MR) is 94.7 cm³/mol. The Morgan fingerprint density at radius 2 is 1.92 bits per heavy atom. The van der Waals surface area contributed by atoms with Crippen molar-refractivity contribution < 1.29 is 9.90 Å². The number of aromatic nitrogens is 3. The van der Waals surface area contributed by atoms with Crippen molar-refractivity contribution in [1.82, 2.24) is 14.8 Å². The van der Waals surface area contributed by atoms with Gasteiger partial charge in [0.1, 0.15) is 5.82 Å². The van der Waals surface area contributed by atoms with E-state index in [0.717, 1.165) is 23.5 Å². The number of nitrogens with one attached hydrogen (secondary N) is 1. The second kappa shape index (κ2) is 6.80. The van der Waals surface area contributed by atoms with Crippen molar-refractivity contribution in [3.63, 3.8) is 0 Å². The number of H-pyrrole nitrogens is 1. The lowest BCUT2D eigenvalue weighted by atomic mass is 9.98. The van der Waals surface area contributed by atoms with Gasteiger partial charge in [-0.3, -0.25) is 9.78 Å². The highest BCUT2D eigenvalue weighted by Crippen LogP contribution is 2.24. The summed E-state index contributed by atoms with van der Waals surface area (Å²) < 4.78 is 2.41. The van der Waals surface area contributed by atoms with E-state index in [0.29, 0.717) is 22.3 Å². The number of aromatic carboxylic acids is 1. The van der Waals surface area contributed by atoms with Crippen LogP contribution in [0.1, 0.15) is 28.7 Å². The van der Waals surface area contributed by atoms with Gasteiger partial charge in [-0.2, -0.15) is 0 Å². The number of rotatable bonds is 5. The highest BCUT2D eigenvalue weighted by atomic mass is 32.1. The Kier molecular flexibility index (Phi) is 4.57. The first kappa shape index (κ1) is 16.1. The third-order valence-corrected chi connectivity index (χ3v) is 4.06. The van der Waals surface area contributed by atoms with E-state index in [1.807, 2.05) is 48.0 Å². The van der Waals surface area contributed by atoms with Gasteiger partial charge in [0.2, 0.25) is 4.77 Å². The van der Waals surface area contributed by atoms with Crippen molar-refractivity contribution in [2.45, 2.75) is 19.9 Å². The molecule has 0 aliphatic carbocycles. The normalized spacial score (nSPS) is 10.7. The summed E-state index contributed by atoms with van der Waals surface area (Å²) in [5.41, 5.74) is 2.99. The van der Waals surface area contributed by atoms with E-state index in [1.165, 1.54) is 0 Å². The summed E-state index contributed by atoms with van der Waals surface area (Å²) in [6.45, 7) is 2.81. The van der Waals surface area contributed by atoms with Crippen molar-refractivity contribution in [3.8, 4) is 11.1 Å². The van der Waals surface area contributed by atoms with Crippen molar-refractivity contribution >= 4 is 18.2 Å². The Hall–Kier alpha value is -2.73. The molecular formula is C18H17N3O2S. The van der Waals surface area contributed by atoms with Crippen LogP contribution < -0.4 is 0 Å². The number of carbonyl (C=O) groups is 1. The van der Waals surface area contributed by atoms with Crippen LogP contribution in [0.3, 0.4) is 0 Å².